The van der Waals surface area contributed by atoms with Crippen LogP contribution in [0.15, 0.2) is 71.6 Å². The van der Waals surface area contributed by atoms with Gasteiger partial charge in [0, 0.05) is 28.7 Å². The van der Waals surface area contributed by atoms with E-state index in [1.807, 2.05) is 13.8 Å². The second-order valence-corrected chi connectivity index (χ2v) is 12.2. The van der Waals surface area contributed by atoms with Crippen LogP contribution in [0.3, 0.4) is 0 Å². The van der Waals surface area contributed by atoms with Crippen LogP contribution in [0.5, 0.6) is 11.5 Å². The number of amides is 2. The van der Waals surface area contributed by atoms with Gasteiger partial charge in [-0.05, 0) is 74.9 Å². The van der Waals surface area contributed by atoms with Crippen LogP contribution in [0.4, 0.5) is 5.69 Å². The van der Waals surface area contributed by atoms with Gasteiger partial charge in [-0.15, -0.1) is 0 Å². The molecule has 0 aliphatic heterocycles. The fourth-order valence-corrected chi connectivity index (χ4v) is 5.70. The zero-order valence-electron chi connectivity index (χ0n) is 23.4. The lowest BCUT2D eigenvalue weighted by atomic mass is 10.1. The molecule has 41 heavy (non-hydrogen) atoms. The third kappa shape index (κ3) is 8.06. The van der Waals surface area contributed by atoms with E-state index < -0.39 is 28.5 Å². The fraction of sp³-hybridized carbons (Fsp3) is 0.310. The first kappa shape index (κ1) is 32.0. The van der Waals surface area contributed by atoms with E-state index in [4.69, 9.17) is 32.7 Å². The highest BCUT2D eigenvalue weighted by Crippen LogP contribution is 2.32. The lowest BCUT2D eigenvalue weighted by Crippen LogP contribution is -2.52. The van der Waals surface area contributed by atoms with Crippen molar-refractivity contribution in [3.05, 3.63) is 82.3 Å². The smallest absolute Gasteiger partial charge is 0.264 e. The number of sulfonamides is 1. The van der Waals surface area contributed by atoms with Crippen molar-refractivity contribution in [1.82, 2.24) is 10.2 Å². The third-order valence-electron chi connectivity index (χ3n) is 6.20. The van der Waals surface area contributed by atoms with Crippen LogP contribution in [0.1, 0.15) is 26.3 Å². The van der Waals surface area contributed by atoms with Gasteiger partial charge in [0.15, 0.2) is 11.5 Å². The van der Waals surface area contributed by atoms with Crippen LogP contribution in [0, 0.1) is 0 Å². The highest BCUT2D eigenvalue weighted by molar-refractivity contribution is 7.92. The summed E-state index contributed by atoms with van der Waals surface area (Å²) in [6.07, 6.45) is 0. The molecule has 2 amide bonds. The minimum Gasteiger partial charge on any atom is -0.493 e. The summed E-state index contributed by atoms with van der Waals surface area (Å²) in [5, 5.41) is 3.73. The van der Waals surface area contributed by atoms with Gasteiger partial charge < -0.3 is 19.7 Å². The molecule has 9 nitrogen and oxygen atoms in total. The number of methoxy groups -OCH3 is 2. The van der Waals surface area contributed by atoms with Gasteiger partial charge in [-0.3, -0.25) is 13.9 Å². The molecule has 1 unspecified atom stereocenters. The van der Waals surface area contributed by atoms with Gasteiger partial charge in [0.25, 0.3) is 10.0 Å². The standard InChI is InChI=1S/C29H33Cl2N3O6S/c1-19(2)32-29(36)20(3)33(17-21-6-8-22(30)9-7-21)28(35)18-34(24-12-10-23(31)11-13-24)41(37,38)25-14-15-26(39-4)27(16-25)40-5/h6-16,19-20H,17-18H2,1-5H3,(H,32,36). The van der Waals surface area contributed by atoms with E-state index in [0.29, 0.717) is 21.4 Å². The minimum atomic E-state index is -4.31. The Morgan fingerprint density at radius 2 is 1.41 bits per heavy atom. The number of carbonyl (C=O) groups excluding carboxylic acids is 2. The van der Waals surface area contributed by atoms with Gasteiger partial charge in [-0.2, -0.15) is 0 Å². The van der Waals surface area contributed by atoms with E-state index in [2.05, 4.69) is 5.32 Å². The maximum Gasteiger partial charge on any atom is 0.264 e. The molecule has 0 saturated heterocycles. The third-order valence-corrected chi connectivity index (χ3v) is 8.47. The molecule has 0 aromatic heterocycles. The largest absolute Gasteiger partial charge is 0.493 e. The van der Waals surface area contributed by atoms with Crippen molar-refractivity contribution >= 4 is 50.7 Å². The Kier molecular flexibility index (Phi) is 10.9. The van der Waals surface area contributed by atoms with Gasteiger partial charge in [-0.1, -0.05) is 35.3 Å². The fourth-order valence-electron chi connectivity index (χ4n) is 4.01. The van der Waals surface area contributed by atoms with Crippen molar-refractivity contribution in [2.45, 2.75) is 44.3 Å². The maximum atomic E-state index is 14.0. The van der Waals surface area contributed by atoms with Crippen molar-refractivity contribution in [1.29, 1.82) is 0 Å². The second kappa shape index (κ2) is 13.9. The molecule has 0 spiro atoms. The quantitative estimate of drug-likeness (QED) is 0.300. The molecule has 0 aliphatic rings. The van der Waals surface area contributed by atoms with E-state index in [-0.39, 0.29) is 34.8 Å². The van der Waals surface area contributed by atoms with Crippen molar-refractivity contribution in [3.8, 4) is 11.5 Å². The Labute approximate surface area is 251 Å². The molecule has 3 aromatic rings. The Bertz CT molecular complexity index is 1460. The molecular formula is C29H33Cl2N3O6S. The average Bonchev–Trinajstić information content (AvgIpc) is 2.94. The molecule has 3 rings (SSSR count). The number of hydrogen-bond acceptors (Lipinski definition) is 6. The summed E-state index contributed by atoms with van der Waals surface area (Å²) >= 11 is 12.1. The van der Waals surface area contributed by atoms with Crippen LogP contribution in [-0.4, -0.2) is 58.0 Å². The van der Waals surface area contributed by atoms with Crippen LogP contribution < -0.4 is 19.1 Å². The summed E-state index contributed by atoms with van der Waals surface area (Å²) in [6, 6.07) is 16.0. The molecule has 12 heteroatoms. The Morgan fingerprint density at radius 1 is 0.854 bits per heavy atom. The van der Waals surface area contributed by atoms with Crippen LogP contribution >= 0.6 is 23.2 Å². The van der Waals surface area contributed by atoms with Crippen LogP contribution in [-0.2, 0) is 26.2 Å². The van der Waals surface area contributed by atoms with Crippen LogP contribution in [0.25, 0.3) is 0 Å². The molecule has 0 aliphatic carbocycles. The SMILES string of the molecule is COc1ccc(S(=O)(=O)N(CC(=O)N(Cc2ccc(Cl)cc2)C(C)C(=O)NC(C)C)c2ccc(Cl)cc2)cc1OC. The van der Waals surface area contributed by atoms with Gasteiger partial charge in [0.05, 0.1) is 24.8 Å². The number of nitrogens with one attached hydrogen (secondary N) is 1. The van der Waals surface area contributed by atoms with E-state index >= 15 is 0 Å². The summed E-state index contributed by atoms with van der Waals surface area (Å²) in [6.45, 7) is 4.68. The molecule has 0 saturated carbocycles. The summed E-state index contributed by atoms with van der Waals surface area (Å²) in [5.74, 6) is -0.410. The topological polar surface area (TPSA) is 105 Å². The Morgan fingerprint density at radius 3 is 1.95 bits per heavy atom. The molecule has 0 heterocycles. The first-order chi connectivity index (χ1) is 19.4. The highest BCUT2D eigenvalue weighted by atomic mass is 35.5. The number of benzene rings is 3. The maximum absolute atomic E-state index is 14.0. The second-order valence-electron chi connectivity index (χ2n) is 9.49. The molecule has 1 N–H and O–H groups in total. The first-order valence-electron chi connectivity index (χ1n) is 12.7. The Hall–Kier alpha value is -3.47. The summed E-state index contributed by atoms with van der Waals surface area (Å²) in [7, 11) is -1.47. The molecule has 0 fully saturated rings. The summed E-state index contributed by atoms with van der Waals surface area (Å²) in [5.41, 5.74) is 0.927. The Balaban J connectivity index is 2.06. The molecule has 3 aromatic carbocycles. The van der Waals surface area contributed by atoms with Gasteiger partial charge in [0.1, 0.15) is 12.6 Å². The van der Waals surface area contributed by atoms with Gasteiger partial charge >= 0.3 is 0 Å². The van der Waals surface area contributed by atoms with Crippen molar-refractivity contribution in [3.63, 3.8) is 0 Å². The van der Waals surface area contributed by atoms with E-state index in [0.717, 1.165) is 4.31 Å². The van der Waals surface area contributed by atoms with Crippen LogP contribution in [0.2, 0.25) is 10.0 Å². The normalized spacial score (nSPS) is 12.0. The summed E-state index contributed by atoms with van der Waals surface area (Å²) < 4.78 is 39.6. The van der Waals surface area contributed by atoms with Crippen molar-refractivity contribution in [2.75, 3.05) is 25.1 Å². The zero-order chi connectivity index (χ0) is 30.3. The van der Waals surface area contributed by atoms with Crippen molar-refractivity contribution < 1.29 is 27.5 Å². The molecule has 220 valence electrons. The number of ether oxygens (including phenoxy) is 2. The monoisotopic (exact) mass is 621 g/mol. The molecular weight excluding hydrogens is 589 g/mol. The average molecular weight is 623 g/mol. The van der Waals surface area contributed by atoms with E-state index in [9.17, 15) is 18.0 Å². The number of anilines is 1. The number of hydrogen-bond donors (Lipinski definition) is 1. The molecule has 0 radical (unpaired) electrons. The van der Waals surface area contributed by atoms with Gasteiger partial charge in [0.2, 0.25) is 11.8 Å². The number of halogens is 2. The minimum absolute atomic E-state index is 0.0492. The lowest BCUT2D eigenvalue weighted by Gasteiger charge is -2.32. The number of nitrogens with zero attached hydrogens (tertiary/aromatic N) is 2. The number of carbonyl (C=O) groups is 2. The van der Waals surface area contributed by atoms with Crippen molar-refractivity contribution in [2.24, 2.45) is 0 Å². The van der Waals surface area contributed by atoms with Gasteiger partial charge in [-0.25, -0.2) is 8.42 Å². The molecule has 0 bridgehead atoms. The van der Waals surface area contributed by atoms with E-state index in [1.165, 1.54) is 61.6 Å². The predicted molar refractivity (Wildman–Crippen MR) is 160 cm³/mol. The summed E-state index contributed by atoms with van der Waals surface area (Å²) in [4.78, 5) is 28.2. The lowest BCUT2D eigenvalue weighted by molar-refractivity contribution is -0.139. The highest BCUT2D eigenvalue weighted by Gasteiger charge is 2.33. The first-order valence-corrected chi connectivity index (χ1v) is 14.9. The van der Waals surface area contributed by atoms with E-state index in [1.54, 1.807) is 31.2 Å². The molecule has 1 atom stereocenters. The predicted octanol–water partition coefficient (Wildman–Crippen LogP) is 5.15. The number of rotatable bonds is 12. The zero-order valence-corrected chi connectivity index (χ0v) is 25.8.